The molecule has 26 heavy (non-hydrogen) atoms. The minimum atomic E-state index is -0.0426. The first kappa shape index (κ1) is 20.3. The molecule has 4 nitrogen and oxygen atoms in total. The summed E-state index contributed by atoms with van der Waals surface area (Å²) < 4.78 is 5.14. The highest BCUT2D eigenvalue weighted by Crippen LogP contribution is 2.25. The Morgan fingerprint density at radius 1 is 1.08 bits per heavy atom. The highest BCUT2D eigenvalue weighted by atomic mass is 35.5. The lowest BCUT2D eigenvalue weighted by Crippen LogP contribution is -2.36. The Morgan fingerprint density at radius 3 is 2.27 bits per heavy atom. The van der Waals surface area contributed by atoms with Gasteiger partial charge in [0.25, 0.3) is 5.91 Å². The summed E-state index contributed by atoms with van der Waals surface area (Å²) in [6.45, 7) is 4.90. The molecule has 0 bridgehead atoms. The second kappa shape index (κ2) is 9.60. The molecule has 3 rings (SSSR count). The SMILES string of the molecule is COc1ccc(C(=O)NCC(c2ccc(C)cc2)N2CCCC2)cc1.Cl. The molecule has 140 valence electrons. The van der Waals surface area contributed by atoms with E-state index in [1.807, 2.05) is 12.1 Å². The molecule has 2 aromatic rings. The van der Waals surface area contributed by atoms with Crippen LogP contribution in [0.15, 0.2) is 48.5 Å². The first-order chi connectivity index (χ1) is 12.2. The molecule has 1 atom stereocenters. The van der Waals surface area contributed by atoms with Gasteiger partial charge >= 0.3 is 0 Å². The largest absolute Gasteiger partial charge is 0.497 e. The molecular formula is C21H27ClN2O2. The number of carbonyl (C=O) groups excluding carboxylic acids is 1. The number of methoxy groups -OCH3 is 1. The number of rotatable bonds is 6. The highest BCUT2D eigenvalue weighted by Gasteiger charge is 2.24. The van der Waals surface area contributed by atoms with Crippen LogP contribution in [0.4, 0.5) is 0 Å². The number of amides is 1. The predicted octanol–water partition coefficient (Wildman–Crippen LogP) is 3.99. The van der Waals surface area contributed by atoms with Crippen LogP contribution in [0.1, 0.15) is 40.4 Å². The van der Waals surface area contributed by atoms with Crippen molar-refractivity contribution in [2.75, 3.05) is 26.7 Å². The molecule has 0 saturated carbocycles. The van der Waals surface area contributed by atoms with Gasteiger partial charge in [-0.15, -0.1) is 12.4 Å². The van der Waals surface area contributed by atoms with Crippen LogP contribution in [0, 0.1) is 6.92 Å². The van der Waals surface area contributed by atoms with Crippen molar-refractivity contribution in [2.45, 2.75) is 25.8 Å². The lowest BCUT2D eigenvalue weighted by atomic mass is 10.0. The van der Waals surface area contributed by atoms with E-state index in [1.165, 1.54) is 24.0 Å². The third-order valence-corrected chi connectivity index (χ3v) is 4.85. The Balaban J connectivity index is 0.00000243. The number of nitrogens with zero attached hydrogens (tertiary/aromatic N) is 1. The minimum absolute atomic E-state index is 0. The van der Waals surface area contributed by atoms with E-state index in [0.29, 0.717) is 12.1 Å². The van der Waals surface area contributed by atoms with E-state index in [-0.39, 0.29) is 24.4 Å². The number of halogens is 1. The smallest absolute Gasteiger partial charge is 0.251 e. The van der Waals surface area contributed by atoms with Crippen molar-refractivity contribution < 1.29 is 9.53 Å². The Hall–Kier alpha value is -2.04. The summed E-state index contributed by atoms with van der Waals surface area (Å²) in [5.41, 5.74) is 3.18. The van der Waals surface area contributed by atoms with E-state index < -0.39 is 0 Å². The van der Waals surface area contributed by atoms with Crippen LogP contribution in [0.2, 0.25) is 0 Å². The van der Waals surface area contributed by atoms with E-state index >= 15 is 0 Å². The predicted molar refractivity (Wildman–Crippen MR) is 107 cm³/mol. The zero-order valence-electron chi connectivity index (χ0n) is 15.4. The van der Waals surface area contributed by atoms with Gasteiger partial charge < -0.3 is 10.1 Å². The summed E-state index contributed by atoms with van der Waals surface area (Å²) in [5, 5.41) is 3.11. The van der Waals surface area contributed by atoms with Gasteiger partial charge in [-0.05, 0) is 62.7 Å². The van der Waals surface area contributed by atoms with Gasteiger partial charge in [-0.1, -0.05) is 29.8 Å². The van der Waals surface area contributed by atoms with E-state index in [1.54, 1.807) is 19.2 Å². The molecule has 0 aromatic heterocycles. The van der Waals surface area contributed by atoms with Crippen molar-refractivity contribution in [1.29, 1.82) is 0 Å². The van der Waals surface area contributed by atoms with Crippen molar-refractivity contribution in [2.24, 2.45) is 0 Å². The molecule has 0 radical (unpaired) electrons. The molecule has 1 unspecified atom stereocenters. The van der Waals surface area contributed by atoms with Crippen molar-refractivity contribution in [3.05, 3.63) is 65.2 Å². The topological polar surface area (TPSA) is 41.6 Å². The summed E-state index contributed by atoms with van der Waals surface area (Å²) in [7, 11) is 1.62. The number of ether oxygens (including phenoxy) is 1. The maximum Gasteiger partial charge on any atom is 0.251 e. The van der Waals surface area contributed by atoms with E-state index in [2.05, 4.69) is 41.4 Å². The van der Waals surface area contributed by atoms with Crippen LogP contribution < -0.4 is 10.1 Å². The molecular weight excluding hydrogens is 348 g/mol. The molecule has 0 spiro atoms. The second-order valence-electron chi connectivity index (χ2n) is 6.61. The Bertz CT molecular complexity index is 695. The lowest BCUT2D eigenvalue weighted by Gasteiger charge is -2.28. The van der Waals surface area contributed by atoms with Gasteiger partial charge in [-0.3, -0.25) is 9.69 Å². The first-order valence-corrected chi connectivity index (χ1v) is 8.90. The van der Waals surface area contributed by atoms with Gasteiger partial charge in [-0.25, -0.2) is 0 Å². The molecule has 1 N–H and O–H groups in total. The van der Waals surface area contributed by atoms with Gasteiger partial charge in [0.2, 0.25) is 0 Å². The van der Waals surface area contributed by atoms with E-state index in [9.17, 15) is 4.79 Å². The highest BCUT2D eigenvalue weighted by molar-refractivity contribution is 5.94. The van der Waals surface area contributed by atoms with Crippen LogP contribution in [-0.4, -0.2) is 37.6 Å². The zero-order valence-corrected chi connectivity index (χ0v) is 16.2. The third kappa shape index (κ3) is 4.99. The summed E-state index contributed by atoms with van der Waals surface area (Å²) in [6.07, 6.45) is 2.46. The monoisotopic (exact) mass is 374 g/mol. The normalized spacial score (nSPS) is 15.2. The minimum Gasteiger partial charge on any atom is -0.497 e. The number of carbonyl (C=O) groups is 1. The van der Waals surface area contributed by atoms with Crippen molar-refractivity contribution in [3.63, 3.8) is 0 Å². The molecule has 5 heteroatoms. The van der Waals surface area contributed by atoms with Crippen LogP contribution in [-0.2, 0) is 0 Å². The van der Waals surface area contributed by atoms with E-state index in [4.69, 9.17) is 4.74 Å². The number of nitrogens with one attached hydrogen (secondary N) is 1. The van der Waals surface area contributed by atoms with E-state index in [0.717, 1.165) is 18.8 Å². The number of hydrogen-bond donors (Lipinski definition) is 1. The summed E-state index contributed by atoms with van der Waals surface area (Å²) in [4.78, 5) is 14.9. The van der Waals surface area contributed by atoms with Crippen molar-refractivity contribution >= 4 is 18.3 Å². The number of likely N-dealkylation sites (tertiary alicyclic amines) is 1. The van der Waals surface area contributed by atoms with Gasteiger partial charge in [-0.2, -0.15) is 0 Å². The van der Waals surface area contributed by atoms with Crippen LogP contribution in [0.25, 0.3) is 0 Å². The number of hydrogen-bond acceptors (Lipinski definition) is 3. The third-order valence-electron chi connectivity index (χ3n) is 4.85. The van der Waals surface area contributed by atoms with Crippen molar-refractivity contribution in [1.82, 2.24) is 10.2 Å². The fourth-order valence-electron chi connectivity index (χ4n) is 3.33. The summed E-state index contributed by atoms with van der Waals surface area (Å²) >= 11 is 0. The van der Waals surface area contributed by atoms with Crippen LogP contribution >= 0.6 is 12.4 Å². The molecule has 1 aliphatic heterocycles. The van der Waals surface area contributed by atoms with Gasteiger partial charge in [0.05, 0.1) is 13.2 Å². The average molecular weight is 375 g/mol. The first-order valence-electron chi connectivity index (χ1n) is 8.90. The van der Waals surface area contributed by atoms with Gasteiger partial charge in [0.1, 0.15) is 5.75 Å². The Kier molecular flexibility index (Phi) is 7.49. The molecule has 0 aliphatic carbocycles. The average Bonchev–Trinajstić information content (AvgIpc) is 3.17. The maximum absolute atomic E-state index is 12.5. The zero-order chi connectivity index (χ0) is 17.6. The van der Waals surface area contributed by atoms with Gasteiger partial charge in [0, 0.05) is 12.1 Å². The quantitative estimate of drug-likeness (QED) is 0.831. The van der Waals surface area contributed by atoms with Crippen LogP contribution in [0.3, 0.4) is 0 Å². The second-order valence-corrected chi connectivity index (χ2v) is 6.61. The molecule has 1 fully saturated rings. The lowest BCUT2D eigenvalue weighted by molar-refractivity contribution is 0.0938. The van der Waals surface area contributed by atoms with Gasteiger partial charge in [0.15, 0.2) is 0 Å². The fraction of sp³-hybridized carbons (Fsp3) is 0.381. The Morgan fingerprint density at radius 2 is 1.69 bits per heavy atom. The molecule has 2 aromatic carbocycles. The molecule has 1 amide bonds. The molecule has 1 aliphatic rings. The summed E-state index contributed by atoms with van der Waals surface area (Å²) in [6, 6.07) is 16.1. The van der Waals surface area contributed by atoms with Crippen molar-refractivity contribution in [3.8, 4) is 5.75 Å². The number of aryl methyl sites for hydroxylation is 1. The molecule has 1 heterocycles. The maximum atomic E-state index is 12.5. The Labute approximate surface area is 162 Å². The standard InChI is InChI=1S/C21H26N2O2.ClH/c1-16-5-7-17(8-6-16)20(23-13-3-4-14-23)15-22-21(24)18-9-11-19(25-2)12-10-18;/h5-12,20H,3-4,13-15H2,1-2H3,(H,22,24);1H. The van der Waals surface area contributed by atoms with Crippen LogP contribution in [0.5, 0.6) is 5.75 Å². The number of benzene rings is 2. The molecule has 1 saturated heterocycles. The summed E-state index contributed by atoms with van der Waals surface area (Å²) in [5.74, 6) is 0.713. The fourth-order valence-corrected chi connectivity index (χ4v) is 3.33.